The molecule has 0 aliphatic heterocycles. The molecule has 4 rings (SSSR count). The van der Waals surface area contributed by atoms with E-state index < -0.39 is 0 Å². The van der Waals surface area contributed by atoms with Crippen LogP contribution in [-0.2, 0) is 14.1 Å². The van der Waals surface area contributed by atoms with Gasteiger partial charge in [0, 0.05) is 19.8 Å². The average Bonchev–Trinajstić information content (AvgIpc) is 3.21. The number of hydrogen-bond donors (Lipinski definition) is 2. The third kappa shape index (κ3) is 3.87. The molecule has 0 unspecified atom stereocenters. The van der Waals surface area contributed by atoms with E-state index >= 15 is 0 Å². The minimum atomic E-state index is -0.339. The monoisotopic (exact) mass is 454 g/mol. The number of aromatic nitrogens is 2. The number of thiophene rings is 1. The summed E-state index contributed by atoms with van der Waals surface area (Å²) < 4.78 is 3.09. The maximum absolute atomic E-state index is 12.8. The summed E-state index contributed by atoms with van der Waals surface area (Å²) >= 11 is 7.26. The molecule has 0 fully saturated rings. The zero-order chi connectivity index (χ0) is 22.3. The number of aryl methyl sites for hydroxylation is 3. The largest absolute Gasteiger partial charge is 0.328 e. The number of nitrogens with zero attached hydrogens (tertiary/aromatic N) is 2. The predicted molar refractivity (Wildman–Crippen MR) is 125 cm³/mol. The van der Waals surface area contributed by atoms with Gasteiger partial charge in [-0.25, -0.2) is 4.79 Å². The van der Waals surface area contributed by atoms with E-state index in [9.17, 15) is 14.4 Å². The van der Waals surface area contributed by atoms with Crippen molar-refractivity contribution >= 4 is 56.5 Å². The molecular formula is C22H19ClN4O3S. The van der Waals surface area contributed by atoms with Crippen LogP contribution in [0.5, 0.6) is 0 Å². The lowest BCUT2D eigenvalue weighted by Crippen LogP contribution is -2.19. The summed E-state index contributed by atoms with van der Waals surface area (Å²) in [6, 6.07) is 13.8. The molecule has 0 aliphatic rings. The molecule has 2 N–H and O–H groups in total. The Morgan fingerprint density at radius 1 is 0.935 bits per heavy atom. The van der Waals surface area contributed by atoms with Gasteiger partial charge in [-0.15, -0.1) is 11.3 Å². The predicted octanol–water partition coefficient (Wildman–Crippen LogP) is 4.40. The molecule has 0 bridgehead atoms. The Bertz CT molecular complexity index is 1400. The van der Waals surface area contributed by atoms with Gasteiger partial charge >= 0.3 is 5.69 Å². The van der Waals surface area contributed by atoms with Crippen molar-refractivity contribution in [2.45, 2.75) is 6.92 Å². The van der Waals surface area contributed by atoms with Crippen molar-refractivity contribution in [3.63, 3.8) is 0 Å². The molecule has 0 saturated heterocycles. The maximum atomic E-state index is 12.8. The Morgan fingerprint density at radius 2 is 1.65 bits per heavy atom. The van der Waals surface area contributed by atoms with E-state index in [-0.39, 0.29) is 17.5 Å². The first-order valence-corrected chi connectivity index (χ1v) is 10.6. The molecule has 2 aromatic carbocycles. The van der Waals surface area contributed by atoms with Gasteiger partial charge in [-0.2, -0.15) is 0 Å². The van der Waals surface area contributed by atoms with Crippen LogP contribution in [0.15, 0.2) is 53.3 Å². The second-order valence-electron chi connectivity index (χ2n) is 7.11. The fraction of sp³-hybridized carbons (Fsp3) is 0.136. The van der Waals surface area contributed by atoms with Gasteiger partial charge in [0.15, 0.2) is 0 Å². The van der Waals surface area contributed by atoms with Crippen molar-refractivity contribution in [1.29, 1.82) is 0 Å². The summed E-state index contributed by atoms with van der Waals surface area (Å²) in [4.78, 5) is 37.9. The molecule has 9 heteroatoms. The summed E-state index contributed by atoms with van der Waals surface area (Å²) in [6.07, 6.45) is 0. The Hall–Kier alpha value is -3.36. The molecule has 0 aliphatic carbocycles. The van der Waals surface area contributed by atoms with Crippen LogP contribution in [0, 0.1) is 6.92 Å². The van der Waals surface area contributed by atoms with Crippen LogP contribution >= 0.6 is 22.9 Å². The number of benzene rings is 2. The van der Waals surface area contributed by atoms with E-state index in [4.69, 9.17) is 11.6 Å². The summed E-state index contributed by atoms with van der Waals surface area (Å²) in [5, 5.41) is 6.57. The van der Waals surface area contributed by atoms with Gasteiger partial charge in [0.05, 0.1) is 31.5 Å². The molecular weight excluding hydrogens is 436 g/mol. The number of carbonyl (C=O) groups is 2. The van der Waals surface area contributed by atoms with Crippen LogP contribution < -0.4 is 16.3 Å². The third-order valence-corrected chi connectivity index (χ3v) is 6.49. The number of halogens is 1. The number of anilines is 2. The number of rotatable bonds is 4. The van der Waals surface area contributed by atoms with E-state index in [1.165, 1.54) is 15.9 Å². The van der Waals surface area contributed by atoms with Crippen LogP contribution in [0.3, 0.4) is 0 Å². The van der Waals surface area contributed by atoms with Gasteiger partial charge in [-0.1, -0.05) is 23.7 Å². The van der Waals surface area contributed by atoms with Crippen molar-refractivity contribution in [1.82, 2.24) is 9.13 Å². The first-order valence-electron chi connectivity index (χ1n) is 9.39. The second-order valence-corrected chi connectivity index (χ2v) is 8.57. The molecule has 0 spiro atoms. The van der Waals surface area contributed by atoms with Crippen LogP contribution in [0.2, 0.25) is 5.02 Å². The minimum Gasteiger partial charge on any atom is -0.321 e. The summed E-state index contributed by atoms with van der Waals surface area (Å²) in [6.45, 7) is 1.81. The average molecular weight is 455 g/mol. The van der Waals surface area contributed by atoms with Gasteiger partial charge in [0.1, 0.15) is 0 Å². The highest BCUT2D eigenvalue weighted by atomic mass is 35.5. The first-order chi connectivity index (χ1) is 14.8. The Morgan fingerprint density at radius 3 is 2.39 bits per heavy atom. The lowest BCUT2D eigenvalue weighted by Gasteiger charge is -2.06. The highest BCUT2D eigenvalue weighted by Gasteiger charge is 2.17. The quantitative estimate of drug-likeness (QED) is 0.479. The molecule has 0 saturated carbocycles. The number of imidazole rings is 1. The fourth-order valence-corrected chi connectivity index (χ4v) is 4.55. The van der Waals surface area contributed by atoms with Crippen molar-refractivity contribution in [3.05, 3.63) is 80.0 Å². The molecule has 2 aromatic heterocycles. The van der Waals surface area contributed by atoms with Gasteiger partial charge < -0.3 is 10.6 Å². The Kier molecular flexibility index (Phi) is 5.43. The lowest BCUT2D eigenvalue weighted by molar-refractivity contribution is 0.102. The van der Waals surface area contributed by atoms with E-state index in [0.717, 1.165) is 16.6 Å². The summed E-state index contributed by atoms with van der Waals surface area (Å²) in [5.74, 6) is -0.629. The van der Waals surface area contributed by atoms with E-state index in [1.54, 1.807) is 74.1 Å². The van der Waals surface area contributed by atoms with E-state index in [2.05, 4.69) is 10.6 Å². The molecule has 31 heavy (non-hydrogen) atoms. The third-order valence-electron chi connectivity index (χ3n) is 5.01. The second kappa shape index (κ2) is 8.05. The summed E-state index contributed by atoms with van der Waals surface area (Å²) in [7, 11) is 3.39. The smallest absolute Gasteiger partial charge is 0.321 e. The molecule has 158 valence electrons. The number of fused-ring (bicyclic) bond motifs is 1. The van der Waals surface area contributed by atoms with Gasteiger partial charge in [0.2, 0.25) is 0 Å². The van der Waals surface area contributed by atoms with Crippen molar-refractivity contribution < 1.29 is 9.59 Å². The fourth-order valence-electron chi connectivity index (χ4n) is 3.37. The van der Waals surface area contributed by atoms with Crippen LogP contribution in [0.4, 0.5) is 10.7 Å². The molecule has 7 nitrogen and oxygen atoms in total. The van der Waals surface area contributed by atoms with Crippen molar-refractivity contribution in [2.75, 3.05) is 10.6 Å². The highest BCUT2D eigenvalue weighted by molar-refractivity contribution is 7.18. The molecule has 0 atom stereocenters. The van der Waals surface area contributed by atoms with Crippen LogP contribution in [-0.4, -0.2) is 20.9 Å². The van der Waals surface area contributed by atoms with Gasteiger partial charge in [-0.05, 0) is 48.9 Å². The number of nitrogens with one attached hydrogen (secondary N) is 2. The van der Waals surface area contributed by atoms with Gasteiger partial charge in [0.25, 0.3) is 11.8 Å². The van der Waals surface area contributed by atoms with E-state index in [0.29, 0.717) is 26.2 Å². The standard InChI is InChI=1S/C22H19ClN4O3S/c1-12-10-18(25-20(28)14-6-4-5-7-15(14)23)31-19(12)21(29)24-13-8-9-16-17(11-13)27(3)22(30)26(16)2/h4-11H,1-3H3,(H,24,29)(H,25,28). The molecule has 2 heterocycles. The number of carbonyl (C=O) groups excluding carboxylic acids is 2. The normalized spacial score (nSPS) is 11.0. The Balaban J connectivity index is 1.55. The topological polar surface area (TPSA) is 85.1 Å². The zero-order valence-corrected chi connectivity index (χ0v) is 18.6. The number of amides is 2. The number of hydrogen-bond acceptors (Lipinski definition) is 4. The van der Waals surface area contributed by atoms with E-state index in [1.807, 2.05) is 0 Å². The lowest BCUT2D eigenvalue weighted by atomic mass is 10.2. The maximum Gasteiger partial charge on any atom is 0.328 e. The van der Waals surface area contributed by atoms with Crippen molar-refractivity contribution in [2.24, 2.45) is 14.1 Å². The highest BCUT2D eigenvalue weighted by Crippen LogP contribution is 2.29. The van der Waals surface area contributed by atoms with Crippen molar-refractivity contribution in [3.8, 4) is 0 Å². The first kappa shape index (κ1) is 20.9. The zero-order valence-electron chi connectivity index (χ0n) is 17.0. The molecule has 4 aromatic rings. The van der Waals surface area contributed by atoms with Crippen LogP contribution in [0.1, 0.15) is 25.6 Å². The SMILES string of the molecule is Cc1cc(NC(=O)c2ccccc2Cl)sc1C(=O)Nc1ccc2c(c1)n(C)c(=O)n2C. The summed E-state index contributed by atoms with van der Waals surface area (Å²) in [5.41, 5.74) is 3.05. The van der Waals surface area contributed by atoms with Gasteiger partial charge in [-0.3, -0.25) is 18.7 Å². The minimum absolute atomic E-state index is 0.133. The molecule has 0 radical (unpaired) electrons. The Labute approximate surface area is 186 Å². The molecule has 2 amide bonds. The van der Waals surface area contributed by atoms with Crippen LogP contribution in [0.25, 0.3) is 11.0 Å².